The molecule has 0 bridgehead atoms. The smallest absolute Gasteiger partial charge is 0.160 e. The van der Waals surface area contributed by atoms with Gasteiger partial charge in [0.1, 0.15) is 0 Å². The van der Waals surface area contributed by atoms with Crippen LogP contribution in [-0.4, -0.2) is 36.8 Å². The van der Waals surface area contributed by atoms with Gasteiger partial charge in [-0.2, -0.15) is 0 Å². The van der Waals surface area contributed by atoms with Crippen LogP contribution in [0.5, 0.6) is 11.5 Å². The Kier molecular flexibility index (Phi) is 4.44. The monoisotopic (exact) mass is 250 g/mol. The number of nitrogens with zero attached hydrogens (tertiary/aromatic N) is 1. The second kappa shape index (κ2) is 6.07. The fourth-order valence-corrected chi connectivity index (χ4v) is 2.57. The molecule has 1 aliphatic rings. The predicted octanol–water partition coefficient (Wildman–Crippen LogP) is 1.57. The summed E-state index contributed by atoms with van der Waals surface area (Å²) < 4.78 is 5.13. The summed E-state index contributed by atoms with van der Waals surface area (Å²) in [6.07, 6.45) is 2.46. The number of hydrogen-bond donors (Lipinski definition) is 2. The van der Waals surface area contributed by atoms with Gasteiger partial charge in [0.15, 0.2) is 11.5 Å². The second-order valence-corrected chi connectivity index (χ2v) is 4.99. The van der Waals surface area contributed by atoms with Crippen LogP contribution >= 0.6 is 0 Å². The first-order valence-corrected chi connectivity index (χ1v) is 6.51. The van der Waals surface area contributed by atoms with Crippen molar-refractivity contribution in [3.05, 3.63) is 23.8 Å². The van der Waals surface area contributed by atoms with Crippen molar-refractivity contribution < 1.29 is 9.84 Å². The molecule has 1 aliphatic heterocycles. The Morgan fingerprint density at radius 2 is 2.33 bits per heavy atom. The lowest BCUT2D eigenvalue weighted by Gasteiger charge is -2.32. The van der Waals surface area contributed by atoms with Crippen LogP contribution in [0.25, 0.3) is 0 Å². The topological polar surface area (TPSA) is 58.7 Å². The Morgan fingerprint density at radius 3 is 3.06 bits per heavy atom. The summed E-state index contributed by atoms with van der Waals surface area (Å²) in [5, 5.41) is 9.57. The van der Waals surface area contributed by atoms with E-state index in [-0.39, 0.29) is 5.75 Å². The van der Waals surface area contributed by atoms with Gasteiger partial charge in [-0.3, -0.25) is 4.90 Å². The molecule has 4 nitrogen and oxygen atoms in total. The summed E-state index contributed by atoms with van der Waals surface area (Å²) in [6, 6.07) is 5.55. The van der Waals surface area contributed by atoms with Crippen LogP contribution in [0.3, 0.4) is 0 Å². The Morgan fingerprint density at radius 1 is 1.50 bits per heavy atom. The van der Waals surface area contributed by atoms with Crippen molar-refractivity contribution in [1.82, 2.24) is 4.90 Å². The number of likely N-dealkylation sites (tertiary alicyclic amines) is 1. The molecule has 0 aromatic heterocycles. The highest BCUT2D eigenvalue weighted by Crippen LogP contribution is 2.27. The zero-order chi connectivity index (χ0) is 13.0. The lowest BCUT2D eigenvalue weighted by Crippen LogP contribution is -2.37. The summed E-state index contributed by atoms with van der Waals surface area (Å²) in [6.45, 7) is 3.86. The number of ether oxygens (including phenoxy) is 1. The van der Waals surface area contributed by atoms with Crippen molar-refractivity contribution in [2.75, 3.05) is 26.7 Å². The lowest BCUT2D eigenvalue weighted by molar-refractivity contribution is 0.171. The fourth-order valence-electron chi connectivity index (χ4n) is 2.57. The molecule has 1 saturated heterocycles. The zero-order valence-electron chi connectivity index (χ0n) is 10.9. The van der Waals surface area contributed by atoms with Gasteiger partial charge in [0.2, 0.25) is 0 Å². The maximum absolute atomic E-state index is 9.57. The molecule has 1 aromatic rings. The van der Waals surface area contributed by atoms with Crippen LogP contribution in [0.2, 0.25) is 0 Å². The Labute approximate surface area is 108 Å². The highest BCUT2D eigenvalue weighted by molar-refractivity contribution is 5.41. The van der Waals surface area contributed by atoms with E-state index < -0.39 is 0 Å². The van der Waals surface area contributed by atoms with Gasteiger partial charge in [0.05, 0.1) is 7.11 Å². The van der Waals surface area contributed by atoms with E-state index in [9.17, 15) is 5.11 Å². The van der Waals surface area contributed by atoms with E-state index in [1.165, 1.54) is 18.4 Å². The molecule has 0 saturated carbocycles. The van der Waals surface area contributed by atoms with Gasteiger partial charge in [0, 0.05) is 13.1 Å². The highest BCUT2D eigenvalue weighted by atomic mass is 16.5. The van der Waals surface area contributed by atoms with Gasteiger partial charge < -0.3 is 15.6 Å². The first-order valence-electron chi connectivity index (χ1n) is 6.51. The minimum atomic E-state index is 0.194. The standard InChI is InChI=1S/C14H22N2O2/c1-18-14-7-11(4-5-13(14)17)9-16-6-2-3-12(8-15)10-16/h4-5,7,12,17H,2-3,6,8-10,15H2,1H3. The van der Waals surface area contributed by atoms with E-state index in [4.69, 9.17) is 10.5 Å². The molecule has 2 rings (SSSR count). The van der Waals surface area contributed by atoms with Crippen LogP contribution in [0.15, 0.2) is 18.2 Å². The van der Waals surface area contributed by atoms with E-state index in [0.29, 0.717) is 11.7 Å². The van der Waals surface area contributed by atoms with E-state index in [0.717, 1.165) is 26.2 Å². The van der Waals surface area contributed by atoms with Crippen molar-refractivity contribution in [3.8, 4) is 11.5 Å². The predicted molar refractivity (Wildman–Crippen MR) is 71.7 cm³/mol. The fraction of sp³-hybridized carbons (Fsp3) is 0.571. The molecule has 1 heterocycles. The van der Waals surface area contributed by atoms with Crippen LogP contribution in [0.1, 0.15) is 18.4 Å². The van der Waals surface area contributed by atoms with Crippen LogP contribution in [0, 0.1) is 5.92 Å². The number of rotatable bonds is 4. The van der Waals surface area contributed by atoms with E-state index in [1.807, 2.05) is 12.1 Å². The number of methoxy groups -OCH3 is 1. The molecule has 3 N–H and O–H groups in total. The molecule has 1 aromatic carbocycles. The molecular formula is C14H22N2O2. The SMILES string of the molecule is COc1cc(CN2CCCC(CN)C2)ccc1O. The molecule has 0 spiro atoms. The highest BCUT2D eigenvalue weighted by Gasteiger charge is 2.18. The number of phenols is 1. The first kappa shape index (κ1) is 13.2. The molecule has 100 valence electrons. The van der Waals surface area contributed by atoms with E-state index in [1.54, 1.807) is 13.2 Å². The first-order chi connectivity index (χ1) is 8.72. The third-order valence-corrected chi connectivity index (χ3v) is 3.59. The number of nitrogens with two attached hydrogens (primary N) is 1. The summed E-state index contributed by atoms with van der Waals surface area (Å²) in [7, 11) is 1.57. The summed E-state index contributed by atoms with van der Waals surface area (Å²) in [4.78, 5) is 2.42. The Bertz CT molecular complexity index is 395. The van der Waals surface area contributed by atoms with Crippen molar-refractivity contribution in [1.29, 1.82) is 0 Å². The van der Waals surface area contributed by atoms with Crippen LogP contribution in [0.4, 0.5) is 0 Å². The van der Waals surface area contributed by atoms with Gasteiger partial charge in [-0.25, -0.2) is 0 Å². The van der Waals surface area contributed by atoms with Crippen molar-refractivity contribution in [2.24, 2.45) is 11.7 Å². The third kappa shape index (κ3) is 3.15. The number of piperidine rings is 1. The maximum Gasteiger partial charge on any atom is 0.160 e. The average Bonchev–Trinajstić information content (AvgIpc) is 2.41. The average molecular weight is 250 g/mol. The van der Waals surface area contributed by atoms with Crippen LogP contribution < -0.4 is 10.5 Å². The molecule has 0 amide bonds. The largest absolute Gasteiger partial charge is 0.504 e. The van der Waals surface area contributed by atoms with Gasteiger partial charge in [-0.1, -0.05) is 6.07 Å². The van der Waals surface area contributed by atoms with Gasteiger partial charge >= 0.3 is 0 Å². The zero-order valence-corrected chi connectivity index (χ0v) is 10.9. The number of phenolic OH excluding ortho intramolecular Hbond substituents is 1. The summed E-state index contributed by atoms with van der Waals surface area (Å²) in [5.41, 5.74) is 6.91. The molecule has 18 heavy (non-hydrogen) atoms. The van der Waals surface area contributed by atoms with Crippen molar-refractivity contribution in [2.45, 2.75) is 19.4 Å². The van der Waals surface area contributed by atoms with Crippen molar-refractivity contribution >= 4 is 0 Å². The van der Waals surface area contributed by atoms with Gasteiger partial charge in [-0.15, -0.1) is 0 Å². The Hall–Kier alpha value is -1.26. The number of aromatic hydroxyl groups is 1. The van der Waals surface area contributed by atoms with E-state index in [2.05, 4.69) is 4.90 Å². The molecular weight excluding hydrogens is 228 g/mol. The molecule has 0 aliphatic carbocycles. The molecule has 1 atom stereocenters. The lowest BCUT2D eigenvalue weighted by atomic mass is 9.98. The minimum absolute atomic E-state index is 0.194. The molecule has 4 heteroatoms. The van der Waals surface area contributed by atoms with Crippen LogP contribution in [-0.2, 0) is 6.54 Å². The second-order valence-electron chi connectivity index (χ2n) is 4.99. The maximum atomic E-state index is 9.57. The van der Waals surface area contributed by atoms with E-state index >= 15 is 0 Å². The minimum Gasteiger partial charge on any atom is -0.504 e. The van der Waals surface area contributed by atoms with Gasteiger partial charge in [-0.05, 0) is 49.5 Å². The number of hydrogen-bond acceptors (Lipinski definition) is 4. The van der Waals surface area contributed by atoms with Gasteiger partial charge in [0.25, 0.3) is 0 Å². The summed E-state index contributed by atoms with van der Waals surface area (Å²) in [5.74, 6) is 1.36. The quantitative estimate of drug-likeness (QED) is 0.851. The normalized spacial score (nSPS) is 20.9. The summed E-state index contributed by atoms with van der Waals surface area (Å²) >= 11 is 0. The Balaban J connectivity index is 2.00. The molecule has 0 radical (unpaired) electrons. The molecule has 1 fully saturated rings. The molecule has 1 unspecified atom stereocenters. The third-order valence-electron chi connectivity index (χ3n) is 3.59. The number of benzene rings is 1. The van der Waals surface area contributed by atoms with Crippen molar-refractivity contribution in [3.63, 3.8) is 0 Å².